The van der Waals surface area contributed by atoms with E-state index in [0.717, 1.165) is 19.4 Å². The Kier molecular flexibility index (Phi) is 4.36. The molecule has 20 heavy (non-hydrogen) atoms. The predicted molar refractivity (Wildman–Crippen MR) is 79.3 cm³/mol. The lowest BCUT2D eigenvalue weighted by molar-refractivity contribution is 0.0464. The highest BCUT2D eigenvalue weighted by molar-refractivity contribution is 7.89. The lowest BCUT2D eigenvalue weighted by Crippen LogP contribution is -2.37. The van der Waals surface area contributed by atoms with Gasteiger partial charge in [-0.2, -0.15) is 0 Å². The fourth-order valence-electron chi connectivity index (χ4n) is 2.52. The third-order valence-corrected chi connectivity index (χ3v) is 5.64. The first-order chi connectivity index (χ1) is 9.32. The second kappa shape index (κ2) is 5.71. The average molecular weight is 298 g/mol. The predicted octanol–water partition coefficient (Wildman–Crippen LogP) is 1.14. The van der Waals surface area contributed by atoms with Crippen LogP contribution in [0.15, 0.2) is 29.2 Å². The van der Waals surface area contributed by atoms with Crippen molar-refractivity contribution in [2.24, 2.45) is 5.92 Å². The summed E-state index contributed by atoms with van der Waals surface area (Å²) in [4.78, 5) is 2.29. The summed E-state index contributed by atoms with van der Waals surface area (Å²) in [6, 6.07) is 7.04. The Labute approximate surface area is 120 Å². The highest BCUT2D eigenvalue weighted by Crippen LogP contribution is 2.31. The summed E-state index contributed by atoms with van der Waals surface area (Å²) in [5.74, 6) is 0.435. The molecule has 1 fully saturated rings. The first-order valence-electron chi connectivity index (χ1n) is 6.73. The van der Waals surface area contributed by atoms with E-state index < -0.39 is 10.0 Å². The summed E-state index contributed by atoms with van der Waals surface area (Å²) in [5, 5.41) is 9.34. The second-order valence-corrected chi connectivity index (χ2v) is 7.75. The summed E-state index contributed by atoms with van der Waals surface area (Å²) in [6.07, 6.45) is 1.41. The van der Waals surface area contributed by atoms with E-state index in [1.165, 1.54) is 18.4 Å². The van der Waals surface area contributed by atoms with Crippen LogP contribution in [0.3, 0.4) is 0 Å². The van der Waals surface area contributed by atoms with Crippen LogP contribution in [0.5, 0.6) is 0 Å². The molecule has 0 aromatic heterocycles. The van der Waals surface area contributed by atoms with E-state index >= 15 is 0 Å². The molecule has 0 atom stereocenters. The van der Waals surface area contributed by atoms with Crippen molar-refractivity contribution in [2.75, 3.05) is 32.6 Å². The molecule has 0 unspecified atom stereocenters. The fourth-order valence-corrected chi connectivity index (χ4v) is 3.65. The molecule has 0 radical (unpaired) electrons. The number of sulfonamides is 1. The minimum Gasteiger partial charge on any atom is -0.393 e. The molecule has 6 heteroatoms. The minimum absolute atomic E-state index is 0.186. The Morgan fingerprint density at radius 1 is 1.20 bits per heavy atom. The average Bonchev–Trinajstić information content (AvgIpc) is 2.36. The van der Waals surface area contributed by atoms with Crippen LogP contribution in [-0.4, -0.2) is 51.6 Å². The lowest BCUT2D eigenvalue weighted by atomic mass is 9.82. The maximum absolute atomic E-state index is 12.3. The maximum Gasteiger partial charge on any atom is 0.244 e. The molecule has 1 N–H and O–H groups in total. The van der Waals surface area contributed by atoms with Gasteiger partial charge in [-0.1, -0.05) is 12.1 Å². The van der Waals surface area contributed by atoms with E-state index in [2.05, 4.69) is 0 Å². The van der Waals surface area contributed by atoms with Crippen LogP contribution in [0.25, 0.3) is 0 Å². The van der Waals surface area contributed by atoms with Crippen LogP contribution in [0.2, 0.25) is 0 Å². The van der Waals surface area contributed by atoms with Crippen LogP contribution in [0, 0.1) is 5.92 Å². The number of hydrogen-bond acceptors (Lipinski definition) is 4. The lowest BCUT2D eigenvalue weighted by Gasteiger charge is -2.35. The molecule has 1 aromatic carbocycles. The fraction of sp³-hybridized carbons (Fsp3) is 0.571. The van der Waals surface area contributed by atoms with Crippen molar-refractivity contribution in [3.63, 3.8) is 0 Å². The largest absolute Gasteiger partial charge is 0.393 e. The molecule has 0 heterocycles. The first kappa shape index (κ1) is 15.3. The number of benzene rings is 1. The van der Waals surface area contributed by atoms with Gasteiger partial charge in [0.05, 0.1) is 11.8 Å². The molecule has 1 aliphatic rings. The molecule has 0 spiro atoms. The number of rotatable bonds is 5. The first-order valence-corrected chi connectivity index (χ1v) is 8.17. The van der Waals surface area contributed by atoms with E-state index in [4.69, 9.17) is 0 Å². The maximum atomic E-state index is 12.3. The number of hydrogen-bond donors (Lipinski definition) is 1. The van der Waals surface area contributed by atoms with E-state index in [9.17, 15) is 13.5 Å². The minimum atomic E-state index is -3.45. The quantitative estimate of drug-likeness (QED) is 0.885. The van der Waals surface area contributed by atoms with Crippen molar-refractivity contribution in [1.82, 2.24) is 4.31 Å². The molecular weight excluding hydrogens is 276 g/mol. The van der Waals surface area contributed by atoms with Gasteiger partial charge in [-0.25, -0.2) is 12.7 Å². The zero-order valence-corrected chi connectivity index (χ0v) is 13.0. The van der Waals surface area contributed by atoms with Gasteiger partial charge in [-0.3, -0.25) is 0 Å². The van der Waals surface area contributed by atoms with Gasteiger partial charge < -0.3 is 10.0 Å². The number of para-hydroxylation sites is 1. The third-order valence-electron chi connectivity index (χ3n) is 3.78. The number of aliphatic hydroxyl groups is 1. The smallest absolute Gasteiger partial charge is 0.244 e. The summed E-state index contributed by atoms with van der Waals surface area (Å²) in [7, 11) is 1.52. The summed E-state index contributed by atoms with van der Waals surface area (Å²) in [5.41, 5.74) is 0.711. The van der Waals surface area contributed by atoms with Gasteiger partial charge in [-0.15, -0.1) is 0 Å². The molecule has 5 nitrogen and oxygen atoms in total. The van der Waals surface area contributed by atoms with Gasteiger partial charge in [0.2, 0.25) is 10.0 Å². The Morgan fingerprint density at radius 2 is 1.80 bits per heavy atom. The number of nitrogens with zero attached hydrogens (tertiary/aromatic N) is 2. The van der Waals surface area contributed by atoms with Gasteiger partial charge in [0.15, 0.2) is 0 Å². The van der Waals surface area contributed by atoms with Crippen LogP contribution in [0.4, 0.5) is 5.69 Å². The summed E-state index contributed by atoms with van der Waals surface area (Å²) < 4.78 is 25.9. The van der Waals surface area contributed by atoms with Crippen molar-refractivity contribution in [3.05, 3.63) is 24.3 Å². The van der Waals surface area contributed by atoms with E-state index in [-0.39, 0.29) is 6.10 Å². The molecule has 1 aromatic rings. The molecule has 112 valence electrons. The molecule has 1 saturated carbocycles. The van der Waals surface area contributed by atoms with Crippen LogP contribution >= 0.6 is 0 Å². The van der Waals surface area contributed by atoms with Crippen LogP contribution in [0.1, 0.15) is 12.8 Å². The highest BCUT2D eigenvalue weighted by atomic mass is 32.2. The van der Waals surface area contributed by atoms with Crippen molar-refractivity contribution in [3.8, 4) is 0 Å². The molecular formula is C14H22N2O3S. The Morgan fingerprint density at radius 3 is 2.35 bits per heavy atom. The Balaban J connectivity index is 2.23. The normalized spacial score (nSPS) is 22.6. The van der Waals surface area contributed by atoms with Crippen molar-refractivity contribution in [2.45, 2.75) is 23.8 Å². The highest BCUT2D eigenvalue weighted by Gasteiger charge is 2.29. The number of anilines is 1. The van der Waals surface area contributed by atoms with Crippen molar-refractivity contribution >= 4 is 15.7 Å². The van der Waals surface area contributed by atoms with Gasteiger partial charge in [0, 0.05) is 27.7 Å². The van der Waals surface area contributed by atoms with Gasteiger partial charge >= 0.3 is 0 Å². The molecule has 0 amide bonds. The zero-order chi connectivity index (χ0) is 14.9. The standard InChI is InChI=1S/C14H22N2O3S/c1-15(2)20(18,19)14-7-5-4-6-13(14)16(3)10-11-8-12(17)9-11/h4-7,11-12,17H,8-10H2,1-3H3. The van der Waals surface area contributed by atoms with Crippen LogP contribution in [-0.2, 0) is 10.0 Å². The van der Waals surface area contributed by atoms with E-state index in [1.54, 1.807) is 12.1 Å². The number of aliphatic hydroxyl groups excluding tert-OH is 1. The molecule has 0 aliphatic heterocycles. The van der Waals surface area contributed by atoms with Crippen molar-refractivity contribution < 1.29 is 13.5 Å². The summed E-state index contributed by atoms with van der Waals surface area (Å²) in [6.45, 7) is 0.761. The SMILES string of the molecule is CN(CC1CC(O)C1)c1ccccc1S(=O)(=O)N(C)C. The molecule has 2 rings (SSSR count). The van der Waals surface area contributed by atoms with E-state index in [0.29, 0.717) is 16.5 Å². The Bertz CT molecular complexity index is 566. The van der Waals surface area contributed by atoms with Gasteiger partial charge in [0.25, 0.3) is 0 Å². The van der Waals surface area contributed by atoms with Crippen molar-refractivity contribution in [1.29, 1.82) is 0 Å². The summed E-state index contributed by atoms with van der Waals surface area (Å²) >= 11 is 0. The Hall–Kier alpha value is -1.11. The van der Waals surface area contributed by atoms with Gasteiger partial charge in [-0.05, 0) is 30.9 Å². The second-order valence-electron chi connectivity index (χ2n) is 5.63. The van der Waals surface area contributed by atoms with E-state index in [1.807, 2.05) is 24.1 Å². The third kappa shape index (κ3) is 2.97. The van der Waals surface area contributed by atoms with Crippen LogP contribution < -0.4 is 4.90 Å². The van der Waals surface area contributed by atoms with Gasteiger partial charge in [0.1, 0.15) is 4.90 Å². The monoisotopic (exact) mass is 298 g/mol. The zero-order valence-electron chi connectivity index (χ0n) is 12.2. The molecule has 1 aliphatic carbocycles. The topological polar surface area (TPSA) is 60.9 Å². The molecule has 0 bridgehead atoms. The molecule has 0 saturated heterocycles.